The summed E-state index contributed by atoms with van der Waals surface area (Å²) in [4.78, 5) is 27.5. The Balaban J connectivity index is 1.36. The van der Waals surface area contributed by atoms with Gasteiger partial charge in [-0.3, -0.25) is 14.5 Å². The van der Waals surface area contributed by atoms with Gasteiger partial charge in [-0.1, -0.05) is 5.16 Å². The van der Waals surface area contributed by atoms with Crippen molar-refractivity contribution in [1.82, 2.24) is 25.1 Å². The van der Waals surface area contributed by atoms with E-state index in [9.17, 15) is 14.7 Å². The van der Waals surface area contributed by atoms with E-state index in [0.29, 0.717) is 28.2 Å². The number of fused-ring (bicyclic) bond motifs is 1. The Morgan fingerprint density at radius 1 is 1.29 bits per heavy atom. The number of carbonyl (C=O) groups excluding carboxylic acids is 2. The van der Waals surface area contributed by atoms with Crippen LogP contribution in [-0.4, -0.2) is 66.4 Å². The van der Waals surface area contributed by atoms with E-state index in [0.717, 1.165) is 0 Å². The van der Waals surface area contributed by atoms with Gasteiger partial charge in [-0.05, 0) is 32.0 Å². The van der Waals surface area contributed by atoms with Gasteiger partial charge in [-0.25, -0.2) is 4.68 Å². The van der Waals surface area contributed by atoms with Gasteiger partial charge < -0.3 is 25.4 Å². The fourth-order valence-electron chi connectivity index (χ4n) is 3.85. The van der Waals surface area contributed by atoms with E-state index in [1.54, 1.807) is 49.0 Å². The lowest BCUT2D eigenvalue weighted by molar-refractivity contribution is -0.169. The Morgan fingerprint density at radius 3 is 2.89 bits per heavy atom. The Labute approximate surface area is 198 Å². The third-order valence-electron chi connectivity index (χ3n) is 5.50. The Morgan fingerprint density at radius 2 is 2.11 bits per heavy atom. The van der Waals surface area contributed by atoms with Crippen LogP contribution in [0.2, 0.25) is 0 Å². The van der Waals surface area contributed by atoms with Crippen molar-refractivity contribution in [3.8, 4) is 5.69 Å². The van der Waals surface area contributed by atoms with E-state index < -0.39 is 29.6 Å². The van der Waals surface area contributed by atoms with Crippen LogP contribution in [-0.2, 0) is 14.3 Å². The minimum atomic E-state index is -1.79. The normalized spacial score (nSPS) is 18.5. The Kier molecular flexibility index (Phi) is 5.42. The number of carbonyl (C=O) groups is 2. The van der Waals surface area contributed by atoms with Gasteiger partial charge in [0.05, 0.1) is 35.6 Å². The molecule has 4 aromatic rings. The fourth-order valence-corrected chi connectivity index (χ4v) is 3.85. The van der Waals surface area contributed by atoms with Crippen LogP contribution in [0.4, 0.5) is 17.3 Å². The molecule has 0 bridgehead atoms. The minimum absolute atomic E-state index is 0.172. The molecule has 3 aromatic heterocycles. The predicted octanol–water partition coefficient (Wildman–Crippen LogP) is 0.896. The largest absolute Gasteiger partial charge is 0.380 e. The lowest BCUT2D eigenvalue weighted by atomic mass is 10.0. The summed E-state index contributed by atoms with van der Waals surface area (Å²) in [6.07, 6.45) is 1.50. The number of hydrogen-bond donors (Lipinski definition) is 3. The monoisotopic (exact) mass is 478 g/mol. The van der Waals surface area contributed by atoms with Crippen molar-refractivity contribution in [2.24, 2.45) is 0 Å². The van der Waals surface area contributed by atoms with Gasteiger partial charge in [0, 0.05) is 24.0 Å². The molecule has 4 N–H and O–H groups in total. The van der Waals surface area contributed by atoms with Crippen LogP contribution >= 0.6 is 0 Å². The summed E-state index contributed by atoms with van der Waals surface area (Å²) >= 11 is 0. The molecule has 1 aliphatic heterocycles. The molecule has 0 spiro atoms. The molecular formula is C22H22N8O5. The molecular weight excluding hydrogens is 456 g/mol. The first kappa shape index (κ1) is 22.4. The first-order valence-corrected chi connectivity index (χ1v) is 10.7. The molecule has 2 atom stereocenters. The second kappa shape index (κ2) is 8.45. The average molecular weight is 478 g/mol. The predicted molar refractivity (Wildman–Crippen MR) is 124 cm³/mol. The maximum absolute atomic E-state index is 13.3. The first-order valence-electron chi connectivity index (χ1n) is 10.7. The highest BCUT2D eigenvalue weighted by atomic mass is 16.5. The number of amides is 2. The van der Waals surface area contributed by atoms with Crippen molar-refractivity contribution >= 4 is 40.1 Å². The zero-order valence-corrected chi connectivity index (χ0v) is 18.8. The molecule has 13 heteroatoms. The van der Waals surface area contributed by atoms with Crippen molar-refractivity contribution < 1.29 is 24.0 Å². The lowest BCUT2D eigenvalue weighted by Crippen LogP contribution is -2.61. The van der Waals surface area contributed by atoms with E-state index in [1.807, 2.05) is 0 Å². The number of aliphatic hydroxyl groups excluding tert-OH is 1. The summed E-state index contributed by atoms with van der Waals surface area (Å²) in [7, 11) is 0. The van der Waals surface area contributed by atoms with E-state index in [1.165, 1.54) is 23.4 Å². The van der Waals surface area contributed by atoms with Crippen molar-refractivity contribution in [2.45, 2.75) is 31.7 Å². The third kappa shape index (κ3) is 4.29. The molecule has 2 unspecified atom stereocenters. The number of nitrogens with zero attached hydrogens (tertiary/aromatic N) is 6. The van der Waals surface area contributed by atoms with Crippen LogP contribution in [0.1, 0.15) is 13.8 Å². The smallest absolute Gasteiger partial charge is 0.260 e. The molecule has 5 rings (SSSR count). The van der Waals surface area contributed by atoms with Crippen molar-refractivity contribution in [3.63, 3.8) is 0 Å². The molecule has 1 fully saturated rings. The van der Waals surface area contributed by atoms with Crippen molar-refractivity contribution in [2.75, 3.05) is 22.5 Å². The number of hydrogen-bond acceptors (Lipinski definition) is 10. The molecule has 1 saturated heterocycles. The minimum Gasteiger partial charge on any atom is -0.380 e. The number of anilines is 3. The van der Waals surface area contributed by atoms with Gasteiger partial charge in [0.15, 0.2) is 29.4 Å². The van der Waals surface area contributed by atoms with Crippen LogP contribution in [0.25, 0.3) is 16.7 Å². The SMILES string of the molecule is CC1(C)CN(c2ccn(-c3ccnnc3)n2)C(=O)C(C(O)C(=O)Nc2ccc3c(N)noc3c2)O1. The van der Waals surface area contributed by atoms with Crippen LogP contribution in [0.3, 0.4) is 0 Å². The van der Waals surface area contributed by atoms with Gasteiger partial charge in [-0.15, -0.1) is 5.10 Å². The molecule has 0 aliphatic carbocycles. The zero-order valence-electron chi connectivity index (χ0n) is 18.8. The van der Waals surface area contributed by atoms with E-state index in [-0.39, 0.29) is 12.4 Å². The highest BCUT2D eigenvalue weighted by molar-refractivity contribution is 6.04. The second-order valence-corrected chi connectivity index (χ2v) is 8.65. The summed E-state index contributed by atoms with van der Waals surface area (Å²) in [6.45, 7) is 3.69. The summed E-state index contributed by atoms with van der Waals surface area (Å²) in [5, 5.41) is 29.6. The lowest BCUT2D eigenvalue weighted by Gasteiger charge is -2.42. The molecule has 2 amide bonds. The maximum Gasteiger partial charge on any atom is 0.260 e. The van der Waals surface area contributed by atoms with Crippen LogP contribution in [0.5, 0.6) is 0 Å². The van der Waals surface area contributed by atoms with Crippen LogP contribution < -0.4 is 16.0 Å². The summed E-state index contributed by atoms with van der Waals surface area (Å²) in [6, 6.07) is 8.10. The zero-order chi connectivity index (χ0) is 24.7. The number of ether oxygens (including phenoxy) is 1. The highest BCUT2D eigenvalue weighted by Gasteiger charge is 2.46. The van der Waals surface area contributed by atoms with Gasteiger partial charge in [-0.2, -0.15) is 10.2 Å². The third-order valence-corrected chi connectivity index (χ3v) is 5.50. The van der Waals surface area contributed by atoms with Crippen LogP contribution in [0.15, 0.2) is 53.4 Å². The average Bonchev–Trinajstić information content (AvgIpc) is 3.47. The molecule has 0 radical (unpaired) electrons. The van der Waals surface area contributed by atoms with E-state index in [4.69, 9.17) is 15.0 Å². The van der Waals surface area contributed by atoms with Crippen LogP contribution in [0, 0.1) is 0 Å². The number of benzene rings is 1. The molecule has 0 saturated carbocycles. The van der Waals surface area contributed by atoms with Crippen molar-refractivity contribution in [1.29, 1.82) is 0 Å². The maximum atomic E-state index is 13.3. The number of nitrogen functional groups attached to an aromatic ring is 1. The number of rotatable bonds is 5. The van der Waals surface area contributed by atoms with E-state index >= 15 is 0 Å². The molecule has 4 heterocycles. The quantitative estimate of drug-likeness (QED) is 0.374. The Hall–Kier alpha value is -4.36. The summed E-state index contributed by atoms with van der Waals surface area (Å²) in [5.41, 5.74) is 6.21. The fraction of sp³-hybridized carbons (Fsp3) is 0.273. The molecule has 180 valence electrons. The highest BCUT2D eigenvalue weighted by Crippen LogP contribution is 2.29. The summed E-state index contributed by atoms with van der Waals surface area (Å²) < 4.78 is 12.5. The number of aromatic nitrogens is 5. The van der Waals surface area contributed by atoms with Crippen molar-refractivity contribution in [3.05, 3.63) is 48.9 Å². The standard InChI is InChI=1S/C22H22N8O5/c1-22(2)11-29(16-6-8-30(27-16)13-5-7-24-25-10-13)21(33)18(34-22)17(31)20(32)26-12-3-4-14-15(9-12)35-28-19(14)23/h3-10,17-18,31H,11H2,1-2H3,(H2,23,28)(H,26,32). The first-order chi connectivity index (χ1) is 16.7. The summed E-state index contributed by atoms with van der Waals surface area (Å²) in [5.74, 6) is -0.844. The number of nitrogens with one attached hydrogen (secondary N) is 1. The Bertz CT molecular complexity index is 1400. The van der Waals surface area contributed by atoms with E-state index in [2.05, 4.69) is 25.8 Å². The van der Waals surface area contributed by atoms with Gasteiger partial charge in [0.2, 0.25) is 0 Å². The second-order valence-electron chi connectivity index (χ2n) is 8.65. The van der Waals surface area contributed by atoms with Gasteiger partial charge in [0.1, 0.15) is 0 Å². The molecule has 35 heavy (non-hydrogen) atoms. The number of morpholine rings is 1. The molecule has 1 aromatic carbocycles. The van der Waals surface area contributed by atoms with Gasteiger partial charge in [0.25, 0.3) is 11.8 Å². The molecule has 13 nitrogen and oxygen atoms in total. The van der Waals surface area contributed by atoms with Gasteiger partial charge >= 0.3 is 0 Å². The number of nitrogens with two attached hydrogens (primary N) is 1. The topological polar surface area (TPSA) is 175 Å². The number of aliphatic hydroxyl groups is 1. The molecule has 1 aliphatic rings.